The second-order valence-electron chi connectivity index (χ2n) is 6.19. The van der Waals surface area contributed by atoms with E-state index in [4.69, 9.17) is 16.2 Å². The van der Waals surface area contributed by atoms with E-state index in [1.165, 1.54) is 0 Å². The minimum absolute atomic E-state index is 0.0888. The van der Waals surface area contributed by atoms with Crippen LogP contribution in [0.15, 0.2) is 36.9 Å². The van der Waals surface area contributed by atoms with E-state index in [1.54, 1.807) is 24.3 Å². The number of nitrogens with zero attached hydrogens (tertiary/aromatic N) is 1. The van der Waals surface area contributed by atoms with Crippen LogP contribution in [0.2, 0.25) is 0 Å². The number of ether oxygens (including phenoxy) is 1. The third-order valence-corrected chi connectivity index (χ3v) is 4.47. The molecule has 1 unspecified atom stereocenters. The summed E-state index contributed by atoms with van der Waals surface area (Å²) in [6.45, 7) is 5.86. The number of hydrogen-bond donors (Lipinski definition) is 4. The molecule has 0 saturated carbocycles. The van der Waals surface area contributed by atoms with E-state index in [9.17, 15) is 5.11 Å². The van der Waals surface area contributed by atoms with Crippen molar-refractivity contribution in [2.75, 3.05) is 31.2 Å². The first-order chi connectivity index (χ1) is 12.1. The molecule has 1 aromatic carbocycles. The predicted molar refractivity (Wildman–Crippen MR) is 101 cm³/mol. The van der Waals surface area contributed by atoms with E-state index in [1.807, 2.05) is 6.07 Å². The highest BCUT2D eigenvalue weighted by atomic mass is 16.5. The number of hydrogen-bond acceptors (Lipinski definition) is 6. The summed E-state index contributed by atoms with van der Waals surface area (Å²) in [6.07, 6.45) is 3.78. The van der Waals surface area contributed by atoms with Gasteiger partial charge in [-0.05, 0) is 49.1 Å². The number of aromatic nitrogens is 1. The Labute approximate surface area is 147 Å². The molecule has 3 rings (SSSR count). The lowest BCUT2D eigenvalue weighted by molar-refractivity contribution is 0.361. The summed E-state index contributed by atoms with van der Waals surface area (Å²) in [4.78, 5) is 4.39. The van der Waals surface area contributed by atoms with Crippen LogP contribution in [0.4, 0.5) is 11.5 Å². The van der Waals surface area contributed by atoms with E-state index in [2.05, 4.69) is 16.9 Å². The van der Waals surface area contributed by atoms with Crippen LogP contribution in [0.3, 0.4) is 0 Å². The molecule has 1 aromatic heterocycles. The Bertz CT molecular complexity index is 770. The van der Waals surface area contributed by atoms with Crippen molar-refractivity contribution in [1.82, 2.24) is 10.3 Å². The molecule has 0 spiro atoms. The van der Waals surface area contributed by atoms with Gasteiger partial charge in [0.25, 0.3) is 0 Å². The highest BCUT2D eigenvalue weighted by molar-refractivity contribution is 5.78. The van der Waals surface area contributed by atoms with E-state index in [0.29, 0.717) is 29.3 Å². The highest BCUT2D eigenvalue weighted by Crippen LogP contribution is 2.40. The zero-order chi connectivity index (χ0) is 17.8. The van der Waals surface area contributed by atoms with Crippen LogP contribution in [0.25, 0.3) is 11.3 Å². The lowest BCUT2D eigenvalue weighted by atomic mass is 9.89. The number of pyridine rings is 1. The van der Waals surface area contributed by atoms with Gasteiger partial charge in [-0.25, -0.2) is 4.98 Å². The zero-order valence-electron chi connectivity index (χ0n) is 14.2. The number of rotatable bonds is 5. The number of phenols is 1. The Balaban J connectivity index is 2.09. The van der Waals surface area contributed by atoms with Crippen molar-refractivity contribution in [3.63, 3.8) is 0 Å². The van der Waals surface area contributed by atoms with Gasteiger partial charge in [-0.2, -0.15) is 0 Å². The number of nitrogens with two attached hydrogens (primary N) is 2. The Morgan fingerprint density at radius 3 is 2.96 bits per heavy atom. The Morgan fingerprint density at radius 2 is 2.24 bits per heavy atom. The fraction of sp³-hybridized carbons (Fsp3) is 0.316. The Kier molecular flexibility index (Phi) is 5.09. The van der Waals surface area contributed by atoms with Crippen LogP contribution in [0.5, 0.6) is 11.5 Å². The van der Waals surface area contributed by atoms with Gasteiger partial charge >= 0.3 is 0 Å². The monoisotopic (exact) mass is 340 g/mol. The maximum absolute atomic E-state index is 10.4. The van der Waals surface area contributed by atoms with Gasteiger partial charge < -0.3 is 26.6 Å². The molecule has 25 heavy (non-hydrogen) atoms. The SMILES string of the molecule is C=CCOc1cccc(O)c1-c1cc(C2CCCNC2)c(N)c(N)n1. The molecule has 0 bridgehead atoms. The average Bonchev–Trinajstić information content (AvgIpc) is 2.63. The van der Waals surface area contributed by atoms with Crippen LogP contribution in [0.1, 0.15) is 24.3 Å². The van der Waals surface area contributed by atoms with Gasteiger partial charge in [-0.1, -0.05) is 18.7 Å². The van der Waals surface area contributed by atoms with Crippen LogP contribution in [0, 0.1) is 0 Å². The first-order valence-corrected chi connectivity index (χ1v) is 8.44. The molecule has 132 valence electrons. The zero-order valence-corrected chi connectivity index (χ0v) is 14.2. The average molecular weight is 340 g/mol. The molecular formula is C19H24N4O2. The molecule has 1 aliphatic heterocycles. The van der Waals surface area contributed by atoms with Gasteiger partial charge in [-0.15, -0.1) is 0 Å². The van der Waals surface area contributed by atoms with Crippen molar-refractivity contribution in [3.05, 3.63) is 42.5 Å². The summed E-state index contributed by atoms with van der Waals surface area (Å²) in [5, 5.41) is 13.8. The van der Waals surface area contributed by atoms with Crippen LogP contribution in [-0.4, -0.2) is 29.8 Å². The fourth-order valence-electron chi connectivity index (χ4n) is 3.22. The number of phenolic OH excluding ortho intramolecular Hbond substituents is 1. The highest BCUT2D eigenvalue weighted by Gasteiger charge is 2.22. The van der Waals surface area contributed by atoms with E-state index >= 15 is 0 Å². The quantitative estimate of drug-likeness (QED) is 0.624. The molecule has 2 heterocycles. The molecule has 2 aromatic rings. The summed E-state index contributed by atoms with van der Waals surface area (Å²) in [7, 11) is 0. The number of piperidine rings is 1. The van der Waals surface area contributed by atoms with Crippen molar-refractivity contribution < 1.29 is 9.84 Å². The first-order valence-electron chi connectivity index (χ1n) is 8.44. The van der Waals surface area contributed by atoms with Gasteiger partial charge in [0, 0.05) is 6.54 Å². The number of aromatic hydroxyl groups is 1. The van der Waals surface area contributed by atoms with Gasteiger partial charge in [0.15, 0.2) is 0 Å². The minimum Gasteiger partial charge on any atom is -0.507 e. The molecular weight excluding hydrogens is 316 g/mol. The number of benzene rings is 1. The molecule has 0 radical (unpaired) electrons. The van der Waals surface area contributed by atoms with Crippen molar-refractivity contribution in [2.24, 2.45) is 0 Å². The summed E-state index contributed by atoms with van der Waals surface area (Å²) in [5.74, 6) is 1.17. The number of nitrogen functional groups attached to an aromatic ring is 2. The molecule has 6 nitrogen and oxygen atoms in total. The predicted octanol–water partition coefficient (Wildman–Crippen LogP) is 2.65. The van der Waals surface area contributed by atoms with E-state index in [-0.39, 0.29) is 17.5 Å². The number of anilines is 2. The normalized spacial score (nSPS) is 17.2. The van der Waals surface area contributed by atoms with Crippen LogP contribution >= 0.6 is 0 Å². The van der Waals surface area contributed by atoms with Crippen molar-refractivity contribution in [2.45, 2.75) is 18.8 Å². The van der Waals surface area contributed by atoms with E-state index in [0.717, 1.165) is 31.5 Å². The second kappa shape index (κ2) is 7.44. The third-order valence-electron chi connectivity index (χ3n) is 4.47. The molecule has 1 fully saturated rings. The number of nitrogens with one attached hydrogen (secondary N) is 1. The maximum atomic E-state index is 10.4. The summed E-state index contributed by atoms with van der Waals surface area (Å²) < 4.78 is 5.67. The van der Waals surface area contributed by atoms with Gasteiger partial charge in [0.2, 0.25) is 0 Å². The van der Waals surface area contributed by atoms with Crippen LogP contribution < -0.4 is 21.5 Å². The standard InChI is InChI=1S/C19H24N4O2/c1-2-9-25-16-7-3-6-15(24)17(16)14-10-13(18(20)19(21)23-14)12-5-4-8-22-11-12/h2-3,6-7,10,12,22,24H,1,4-5,8-9,11,20H2,(H2,21,23). The van der Waals surface area contributed by atoms with Gasteiger partial charge in [0.05, 0.1) is 16.9 Å². The molecule has 6 heteroatoms. The lowest BCUT2D eigenvalue weighted by Gasteiger charge is -2.25. The third kappa shape index (κ3) is 3.53. The second-order valence-corrected chi connectivity index (χ2v) is 6.19. The Hall–Kier alpha value is -2.73. The fourth-order valence-corrected chi connectivity index (χ4v) is 3.22. The minimum atomic E-state index is 0.0888. The molecule has 1 atom stereocenters. The van der Waals surface area contributed by atoms with Gasteiger partial charge in [-0.3, -0.25) is 0 Å². The molecule has 0 amide bonds. The topological polar surface area (TPSA) is 106 Å². The largest absolute Gasteiger partial charge is 0.507 e. The van der Waals surface area contributed by atoms with Crippen molar-refractivity contribution in [1.29, 1.82) is 0 Å². The summed E-state index contributed by atoms with van der Waals surface area (Å²) in [5.41, 5.74) is 14.8. The van der Waals surface area contributed by atoms with Gasteiger partial charge in [0.1, 0.15) is 23.9 Å². The lowest BCUT2D eigenvalue weighted by Crippen LogP contribution is -2.29. The molecule has 0 aliphatic carbocycles. The Morgan fingerprint density at radius 1 is 1.40 bits per heavy atom. The first kappa shape index (κ1) is 17.1. The smallest absolute Gasteiger partial charge is 0.147 e. The summed E-state index contributed by atoms with van der Waals surface area (Å²) >= 11 is 0. The van der Waals surface area contributed by atoms with Crippen molar-refractivity contribution >= 4 is 11.5 Å². The van der Waals surface area contributed by atoms with Crippen LogP contribution in [-0.2, 0) is 0 Å². The molecule has 1 aliphatic rings. The van der Waals surface area contributed by atoms with Crippen molar-refractivity contribution in [3.8, 4) is 22.8 Å². The maximum Gasteiger partial charge on any atom is 0.147 e. The molecule has 1 saturated heterocycles. The molecule has 6 N–H and O–H groups in total. The summed E-state index contributed by atoms with van der Waals surface area (Å²) in [6, 6.07) is 7.03. The van der Waals surface area contributed by atoms with E-state index < -0.39 is 0 Å².